The summed E-state index contributed by atoms with van der Waals surface area (Å²) in [7, 11) is 0. The van der Waals surface area contributed by atoms with Crippen molar-refractivity contribution in [1.82, 2.24) is 9.72 Å². The third-order valence-electron chi connectivity index (χ3n) is 4.98. The van der Waals surface area contributed by atoms with Gasteiger partial charge >= 0.3 is 5.63 Å². The summed E-state index contributed by atoms with van der Waals surface area (Å²) in [6.07, 6.45) is 0. The molecule has 4 aromatic rings. The molecule has 0 aliphatic heterocycles. The van der Waals surface area contributed by atoms with E-state index < -0.39 is 17.3 Å². The van der Waals surface area contributed by atoms with Crippen LogP contribution < -0.4 is 15.9 Å². The molecule has 0 radical (unpaired) electrons. The molecular weight excluding hydrogens is 486 g/mol. The molecule has 32 heavy (non-hydrogen) atoms. The van der Waals surface area contributed by atoms with Gasteiger partial charge in [0.1, 0.15) is 28.5 Å². The van der Waals surface area contributed by atoms with Crippen LogP contribution in [0.2, 0.25) is 0 Å². The van der Waals surface area contributed by atoms with Crippen LogP contribution in [0, 0.1) is 25.5 Å². The van der Waals surface area contributed by atoms with Crippen molar-refractivity contribution in [2.24, 2.45) is 0 Å². The van der Waals surface area contributed by atoms with Crippen molar-refractivity contribution < 1.29 is 18.0 Å². The molecule has 6 nitrogen and oxygen atoms in total. The molecule has 0 bridgehead atoms. The van der Waals surface area contributed by atoms with E-state index in [1.54, 1.807) is 19.1 Å². The molecule has 4 rings (SSSR count). The van der Waals surface area contributed by atoms with Gasteiger partial charge in [-0.25, -0.2) is 18.7 Å². The Morgan fingerprint density at radius 2 is 1.84 bits per heavy atom. The Bertz CT molecular complexity index is 1440. The van der Waals surface area contributed by atoms with E-state index >= 15 is 0 Å². The number of ether oxygens (including phenoxy) is 1. The van der Waals surface area contributed by atoms with E-state index in [0.717, 1.165) is 17.7 Å². The number of rotatable bonds is 5. The van der Waals surface area contributed by atoms with Gasteiger partial charge in [-0.15, -0.1) is 0 Å². The molecule has 0 aliphatic rings. The maximum Gasteiger partial charge on any atom is 0.357 e. The second-order valence-corrected chi connectivity index (χ2v) is 8.00. The molecule has 0 amide bonds. The highest BCUT2D eigenvalue weighted by atomic mass is 79.9. The average Bonchev–Trinajstić information content (AvgIpc) is 3.18. The van der Waals surface area contributed by atoms with Gasteiger partial charge in [0, 0.05) is 29.0 Å². The van der Waals surface area contributed by atoms with Gasteiger partial charge in [-0.1, -0.05) is 12.1 Å². The number of hydrogen-bond donors (Lipinski definition) is 1. The van der Waals surface area contributed by atoms with Crippen LogP contribution in [0.15, 0.2) is 67.1 Å². The van der Waals surface area contributed by atoms with Crippen LogP contribution in [0.3, 0.4) is 0 Å². The van der Waals surface area contributed by atoms with E-state index in [9.17, 15) is 18.4 Å². The summed E-state index contributed by atoms with van der Waals surface area (Å²) >= 11 is 3.28. The second kappa shape index (κ2) is 8.58. The summed E-state index contributed by atoms with van der Waals surface area (Å²) in [6.45, 7) is 3.43. The molecule has 0 aliphatic carbocycles. The molecule has 1 N–H and O–H groups in total. The lowest BCUT2D eigenvalue weighted by atomic mass is 10.1. The highest BCUT2D eigenvalue weighted by Gasteiger charge is 2.17. The van der Waals surface area contributed by atoms with Crippen molar-refractivity contribution >= 4 is 15.9 Å². The topological polar surface area (TPSA) is 77.2 Å². The molecule has 9 heteroatoms. The highest BCUT2D eigenvalue weighted by molar-refractivity contribution is 9.10. The van der Waals surface area contributed by atoms with Gasteiger partial charge in [0.2, 0.25) is 0 Å². The van der Waals surface area contributed by atoms with Gasteiger partial charge in [-0.2, -0.15) is 0 Å². The van der Waals surface area contributed by atoms with Crippen LogP contribution in [-0.4, -0.2) is 9.72 Å². The van der Waals surface area contributed by atoms with E-state index in [2.05, 4.69) is 21.1 Å². The minimum atomic E-state index is -0.726. The number of aromatic amines is 1. The fourth-order valence-electron chi connectivity index (χ4n) is 3.32. The van der Waals surface area contributed by atoms with Crippen molar-refractivity contribution in [3.63, 3.8) is 0 Å². The van der Waals surface area contributed by atoms with E-state index in [1.165, 1.54) is 16.7 Å². The predicted molar refractivity (Wildman–Crippen MR) is 118 cm³/mol. The zero-order valence-corrected chi connectivity index (χ0v) is 18.6. The first kappa shape index (κ1) is 21.8. The zero-order valence-electron chi connectivity index (χ0n) is 17.0. The number of nitrogens with zero attached hydrogens (tertiary/aromatic N) is 1. The summed E-state index contributed by atoms with van der Waals surface area (Å²) in [6, 6.07) is 11.6. The molecule has 0 spiro atoms. The Morgan fingerprint density at radius 3 is 2.53 bits per heavy atom. The number of aromatic nitrogens is 2. The van der Waals surface area contributed by atoms with Gasteiger partial charge in [-0.05, 0) is 53.5 Å². The zero-order chi connectivity index (χ0) is 23.0. The largest absolute Gasteiger partial charge is 0.487 e. The number of nitrogens with one attached hydrogen (secondary N) is 1. The number of benzene rings is 2. The van der Waals surface area contributed by atoms with Crippen molar-refractivity contribution in [3.05, 3.63) is 102 Å². The fourth-order valence-corrected chi connectivity index (χ4v) is 3.73. The Balaban J connectivity index is 1.72. The van der Waals surface area contributed by atoms with Gasteiger partial charge in [0.05, 0.1) is 17.4 Å². The number of halogens is 3. The molecular formula is C23H17BrF2N2O4. The summed E-state index contributed by atoms with van der Waals surface area (Å²) in [5.41, 5.74) is 2.47. The Hall–Kier alpha value is -3.46. The maximum absolute atomic E-state index is 13.9. The number of pyridine rings is 1. The Morgan fingerprint density at radius 1 is 1.06 bits per heavy atom. The molecule has 0 fully saturated rings. The van der Waals surface area contributed by atoms with E-state index in [-0.39, 0.29) is 28.0 Å². The normalized spacial score (nSPS) is 11.0. The molecule has 0 saturated heterocycles. The standard InChI is InChI=1S/C23H17BrF2N2O4/c1-12-3-4-14(18-10-21(29)32-27-18)8-19(12)28-13(2)7-20(22(24)23(28)30)31-11-15-5-6-16(25)9-17(15)26/h3-10,27H,11H2,1-2H3. The van der Waals surface area contributed by atoms with Crippen LogP contribution in [0.25, 0.3) is 16.9 Å². The molecule has 2 heterocycles. The van der Waals surface area contributed by atoms with Crippen molar-refractivity contribution in [1.29, 1.82) is 0 Å². The smallest absolute Gasteiger partial charge is 0.357 e. The SMILES string of the molecule is Cc1ccc(-c2cc(=O)o[nH]2)cc1-n1c(C)cc(OCc2ccc(F)cc2F)c(Br)c1=O. The molecule has 2 aromatic carbocycles. The van der Waals surface area contributed by atoms with Crippen LogP contribution in [0.1, 0.15) is 16.8 Å². The second-order valence-electron chi connectivity index (χ2n) is 7.21. The first-order chi connectivity index (χ1) is 15.2. The summed E-state index contributed by atoms with van der Waals surface area (Å²) < 4.78 is 39.0. The minimum absolute atomic E-state index is 0.159. The highest BCUT2D eigenvalue weighted by Crippen LogP contribution is 2.28. The third-order valence-corrected chi connectivity index (χ3v) is 5.71. The van der Waals surface area contributed by atoms with Crippen LogP contribution in [0.5, 0.6) is 5.75 Å². The first-order valence-corrected chi connectivity index (χ1v) is 10.3. The van der Waals surface area contributed by atoms with E-state index in [0.29, 0.717) is 22.6 Å². The number of hydrogen-bond acceptors (Lipinski definition) is 4. The fraction of sp³-hybridized carbons (Fsp3) is 0.130. The van der Waals surface area contributed by atoms with Crippen LogP contribution in [0.4, 0.5) is 8.78 Å². The molecule has 0 saturated carbocycles. The van der Waals surface area contributed by atoms with Gasteiger partial charge in [0.25, 0.3) is 5.56 Å². The summed E-state index contributed by atoms with van der Waals surface area (Å²) in [5.74, 6) is -1.17. The lowest BCUT2D eigenvalue weighted by molar-refractivity contribution is 0.296. The predicted octanol–water partition coefficient (Wildman–Crippen LogP) is 5.02. The third kappa shape index (κ3) is 4.16. The van der Waals surface area contributed by atoms with E-state index in [1.807, 2.05) is 19.1 Å². The molecule has 0 unspecified atom stereocenters. The summed E-state index contributed by atoms with van der Waals surface area (Å²) in [4.78, 5) is 24.5. The van der Waals surface area contributed by atoms with Crippen molar-refractivity contribution in [2.75, 3.05) is 0 Å². The summed E-state index contributed by atoms with van der Waals surface area (Å²) in [5, 5.41) is 2.55. The van der Waals surface area contributed by atoms with E-state index in [4.69, 9.17) is 9.26 Å². The van der Waals surface area contributed by atoms with Gasteiger partial charge in [-0.3, -0.25) is 9.36 Å². The molecule has 2 aromatic heterocycles. The lowest BCUT2D eigenvalue weighted by Gasteiger charge is -2.17. The van der Waals surface area contributed by atoms with Crippen LogP contribution >= 0.6 is 15.9 Å². The lowest BCUT2D eigenvalue weighted by Crippen LogP contribution is -2.23. The first-order valence-electron chi connectivity index (χ1n) is 9.53. The maximum atomic E-state index is 13.9. The quantitative estimate of drug-likeness (QED) is 0.415. The van der Waals surface area contributed by atoms with Crippen molar-refractivity contribution in [2.45, 2.75) is 20.5 Å². The molecule has 0 atom stereocenters. The molecule has 164 valence electrons. The monoisotopic (exact) mass is 502 g/mol. The minimum Gasteiger partial charge on any atom is -0.487 e. The van der Waals surface area contributed by atoms with Crippen LogP contribution in [-0.2, 0) is 6.61 Å². The van der Waals surface area contributed by atoms with Gasteiger partial charge < -0.3 is 9.26 Å². The average molecular weight is 503 g/mol. The van der Waals surface area contributed by atoms with Gasteiger partial charge in [0.15, 0.2) is 0 Å². The number of aryl methyl sites for hydroxylation is 2. The number of H-pyrrole nitrogens is 1. The van der Waals surface area contributed by atoms with Crippen molar-refractivity contribution in [3.8, 4) is 22.7 Å². The Kier molecular flexibility index (Phi) is 5.84. The Labute approximate surface area is 189 Å².